The van der Waals surface area contributed by atoms with Gasteiger partial charge in [-0.2, -0.15) is 4.98 Å². The maximum atomic E-state index is 10.5. The molecule has 1 saturated heterocycles. The summed E-state index contributed by atoms with van der Waals surface area (Å²) in [5, 5.41) is 8.59. The zero-order valence-corrected chi connectivity index (χ0v) is 12.4. The maximum absolute atomic E-state index is 10.5. The van der Waals surface area contributed by atoms with E-state index in [2.05, 4.69) is 14.9 Å². The number of carboxylic acids is 1. The van der Waals surface area contributed by atoms with Crippen LogP contribution in [-0.4, -0.2) is 54.0 Å². The molecule has 1 fully saturated rings. The first-order valence-corrected chi connectivity index (χ1v) is 7.06. The highest BCUT2D eigenvalue weighted by Gasteiger charge is 2.22. The summed E-state index contributed by atoms with van der Waals surface area (Å²) >= 11 is 0. The Balaban J connectivity index is 1.86. The summed E-state index contributed by atoms with van der Waals surface area (Å²) in [6.45, 7) is 3.78. The normalized spacial score (nSPS) is 16.0. The van der Waals surface area contributed by atoms with Gasteiger partial charge >= 0.3 is 5.97 Å². The van der Waals surface area contributed by atoms with E-state index in [1.54, 1.807) is 13.2 Å². The highest BCUT2D eigenvalue weighted by atomic mass is 16.5. The fraction of sp³-hybridized carbons (Fsp3) is 0.643. The lowest BCUT2D eigenvalue weighted by Crippen LogP contribution is -2.38. The summed E-state index contributed by atoms with van der Waals surface area (Å²) in [6.07, 6.45) is 1.86. The largest absolute Gasteiger partial charge is 0.481 e. The van der Waals surface area contributed by atoms with E-state index in [1.807, 2.05) is 6.92 Å². The minimum atomic E-state index is -0.826. The molecule has 1 aliphatic heterocycles. The topological polar surface area (TPSA) is 84.8 Å². The Morgan fingerprint density at radius 2 is 2.14 bits per heavy atom. The van der Waals surface area contributed by atoms with Gasteiger partial charge in [-0.25, -0.2) is 4.98 Å². The minimum absolute atomic E-state index is 0.0540. The first kappa shape index (κ1) is 15.5. The van der Waals surface area contributed by atoms with Gasteiger partial charge in [0.15, 0.2) is 0 Å². The molecule has 0 atom stereocenters. The molecule has 7 nitrogen and oxygen atoms in total. The third-order valence-corrected chi connectivity index (χ3v) is 3.42. The quantitative estimate of drug-likeness (QED) is 0.845. The number of hydrogen-bond acceptors (Lipinski definition) is 6. The molecule has 0 amide bonds. The van der Waals surface area contributed by atoms with Crippen LogP contribution in [0.2, 0.25) is 0 Å². The van der Waals surface area contributed by atoms with Crippen molar-refractivity contribution in [3.63, 3.8) is 0 Å². The van der Waals surface area contributed by atoms with E-state index < -0.39 is 5.97 Å². The third kappa shape index (κ3) is 4.56. The second-order valence-electron chi connectivity index (χ2n) is 5.05. The van der Waals surface area contributed by atoms with E-state index in [1.165, 1.54) is 0 Å². The first-order valence-electron chi connectivity index (χ1n) is 7.06. The lowest BCUT2D eigenvalue weighted by Gasteiger charge is -2.32. The molecule has 21 heavy (non-hydrogen) atoms. The van der Waals surface area contributed by atoms with Crippen molar-refractivity contribution < 1.29 is 19.4 Å². The van der Waals surface area contributed by atoms with Crippen LogP contribution in [0.3, 0.4) is 0 Å². The van der Waals surface area contributed by atoms with Crippen molar-refractivity contribution in [2.24, 2.45) is 0 Å². The zero-order chi connectivity index (χ0) is 15.2. The molecule has 0 saturated carbocycles. The van der Waals surface area contributed by atoms with Crippen molar-refractivity contribution in [1.82, 2.24) is 9.97 Å². The van der Waals surface area contributed by atoms with Crippen LogP contribution in [0, 0.1) is 6.92 Å². The van der Waals surface area contributed by atoms with Crippen molar-refractivity contribution >= 4 is 11.9 Å². The number of aromatic nitrogens is 2. The predicted octanol–water partition coefficient (Wildman–Crippen LogP) is 1.25. The average molecular weight is 295 g/mol. The number of aliphatic carboxylic acids is 1. The molecule has 0 unspecified atom stereocenters. The fourth-order valence-electron chi connectivity index (χ4n) is 2.31. The number of hydrogen-bond donors (Lipinski definition) is 1. The second-order valence-corrected chi connectivity index (χ2v) is 5.05. The van der Waals surface area contributed by atoms with Crippen LogP contribution in [0.1, 0.15) is 25.0 Å². The zero-order valence-electron chi connectivity index (χ0n) is 12.4. The number of nitrogens with zero attached hydrogens (tertiary/aromatic N) is 3. The summed E-state index contributed by atoms with van der Waals surface area (Å²) in [4.78, 5) is 21.3. The number of aryl methyl sites for hydroxylation is 1. The maximum Gasteiger partial charge on any atom is 0.305 e. The van der Waals surface area contributed by atoms with Crippen LogP contribution in [0.5, 0.6) is 5.88 Å². The Bertz CT molecular complexity index is 487. The molecule has 2 rings (SSSR count). The van der Waals surface area contributed by atoms with E-state index in [-0.39, 0.29) is 19.1 Å². The van der Waals surface area contributed by atoms with Crippen LogP contribution < -0.4 is 9.64 Å². The van der Waals surface area contributed by atoms with Gasteiger partial charge < -0.3 is 19.5 Å². The molecule has 0 bridgehead atoms. The van der Waals surface area contributed by atoms with Gasteiger partial charge in [-0.1, -0.05) is 0 Å². The SMILES string of the molecule is COc1cc(C)nc(N2CCC(OCCC(=O)O)CC2)n1. The number of ether oxygens (including phenoxy) is 2. The molecule has 116 valence electrons. The molecular weight excluding hydrogens is 274 g/mol. The first-order chi connectivity index (χ1) is 10.1. The lowest BCUT2D eigenvalue weighted by molar-refractivity contribution is -0.138. The minimum Gasteiger partial charge on any atom is -0.481 e. The molecule has 0 aliphatic carbocycles. The Hall–Kier alpha value is -1.89. The molecule has 0 radical (unpaired) electrons. The Kier molecular flexibility index (Phi) is 5.32. The standard InChI is InChI=1S/C14H21N3O4/c1-10-9-12(20-2)16-14(15-10)17-6-3-11(4-7-17)21-8-5-13(18)19/h9,11H,3-8H2,1-2H3,(H,18,19). The summed E-state index contributed by atoms with van der Waals surface area (Å²) in [6, 6.07) is 1.80. The van der Waals surface area contributed by atoms with Crippen LogP contribution in [0.15, 0.2) is 6.07 Å². The number of methoxy groups -OCH3 is 1. The molecule has 0 aromatic carbocycles. The molecule has 0 spiro atoms. The Morgan fingerprint density at radius 3 is 2.76 bits per heavy atom. The van der Waals surface area contributed by atoms with Crippen molar-refractivity contribution in [2.45, 2.75) is 32.3 Å². The number of rotatable bonds is 6. The molecule has 1 aromatic heterocycles. The Labute approximate surface area is 123 Å². The predicted molar refractivity (Wildman–Crippen MR) is 76.8 cm³/mol. The van der Waals surface area contributed by atoms with Crippen molar-refractivity contribution in [3.05, 3.63) is 11.8 Å². The summed E-state index contributed by atoms with van der Waals surface area (Å²) < 4.78 is 10.7. The van der Waals surface area contributed by atoms with Gasteiger partial charge in [-0.15, -0.1) is 0 Å². The molecule has 1 N–H and O–H groups in total. The molecular formula is C14H21N3O4. The van der Waals surface area contributed by atoms with E-state index in [9.17, 15) is 4.79 Å². The van der Waals surface area contributed by atoms with E-state index in [0.717, 1.165) is 31.6 Å². The number of anilines is 1. The number of carbonyl (C=O) groups is 1. The monoisotopic (exact) mass is 295 g/mol. The average Bonchev–Trinajstić information content (AvgIpc) is 2.47. The Morgan fingerprint density at radius 1 is 1.43 bits per heavy atom. The molecule has 7 heteroatoms. The molecule has 1 aliphatic rings. The van der Waals surface area contributed by atoms with Crippen LogP contribution >= 0.6 is 0 Å². The van der Waals surface area contributed by atoms with E-state index >= 15 is 0 Å². The van der Waals surface area contributed by atoms with Gasteiger partial charge in [0.25, 0.3) is 0 Å². The summed E-state index contributed by atoms with van der Waals surface area (Å²) in [5.74, 6) is 0.417. The number of piperidine rings is 1. The molecule has 1 aromatic rings. The lowest BCUT2D eigenvalue weighted by atomic mass is 10.1. The van der Waals surface area contributed by atoms with Crippen molar-refractivity contribution in [3.8, 4) is 5.88 Å². The van der Waals surface area contributed by atoms with Gasteiger partial charge in [-0.05, 0) is 19.8 Å². The fourth-order valence-corrected chi connectivity index (χ4v) is 2.31. The smallest absolute Gasteiger partial charge is 0.305 e. The summed E-state index contributed by atoms with van der Waals surface area (Å²) in [7, 11) is 1.59. The third-order valence-electron chi connectivity index (χ3n) is 3.42. The van der Waals surface area contributed by atoms with Gasteiger partial charge in [-0.3, -0.25) is 4.79 Å². The van der Waals surface area contributed by atoms with Gasteiger partial charge in [0.1, 0.15) is 0 Å². The summed E-state index contributed by atoms with van der Waals surface area (Å²) in [5.41, 5.74) is 0.872. The van der Waals surface area contributed by atoms with Gasteiger partial charge in [0.2, 0.25) is 11.8 Å². The number of carboxylic acid groups (broad SMARTS) is 1. The van der Waals surface area contributed by atoms with Crippen LogP contribution in [0.25, 0.3) is 0 Å². The second kappa shape index (κ2) is 7.21. The van der Waals surface area contributed by atoms with Gasteiger partial charge in [0.05, 0.1) is 26.2 Å². The van der Waals surface area contributed by atoms with Crippen LogP contribution in [0.4, 0.5) is 5.95 Å². The highest BCUT2D eigenvalue weighted by molar-refractivity contribution is 5.66. The molecule has 2 heterocycles. The highest BCUT2D eigenvalue weighted by Crippen LogP contribution is 2.21. The van der Waals surface area contributed by atoms with Crippen molar-refractivity contribution in [1.29, 1.82) is 0 Å². The van der Waals surface area contributed by atoms with E-state index in [0.29, 0.717) is 11.8 Å². The van der Waals surface area contributed by atoms with E-state index in [4.69, 9.17) is 14.6 Å². The van der Waals surface area contributed by atoms with Crippen molar-refractivity contribution in [2.75, 3.05) is 31.7 Å². The van der Waals surface area contributed by atoms with Gasteiger partial charge in [0, 0.05) is 24.8 Å². The van der Waals surface area contributed by atoms with Crippen LogP contribution in [-0.2, 0) is 9.53 Å².